The largest absolute Gasteiger partial charge is 0.508 e. The number of aryl methyl sites for hydroxylation is 1. The zero-order valence-corrected chi connectivity index (χ0v) is 29.8. The van der Waals surface area contributed by atoms with Crippen molar-refractivity contribution < 1.29 is 19.4 Å². The lowest BCUT2D eigenvalue weighted by Crippen LogP contribution is -2.47. The van der Waals surface area contributed by atoms with Crippen molar-refractivity contribution in [3.8, 4) is 17.0 Å². The number of aromatic hydroxyl groups is 1. The normalized spacial score (nSPS) is 17.3. The summed E-state index contributed by atoms with van der Waals surface area (Å²) in [6.45, 7) is 7.71. The SMILES string of the molecule is Cc1ccc(C(=O)N2Cc3ccccc3C[C@H]2CCN2CCOCC2)c(-c2cc(C(=O)N(c3ccccc3)c3ccc(O)cc3)c3n2CCCC3)c1. The van der Waals surface area contributed by atoms with Crippen LogP contribution in [0.15, 0.2) is 103 Å². The van der Waals surface area contributed by atoms with E-state index in [9.17, 15) is 14.7 Å². The molecule has 0 saturated carbocycles. The first-order valence-electron chi connectivity index (χ1n) is 18.6. The molecule has 2 amide bonds. The van der Waals surface area contributed by atoms with E-state index in [1.54, 1.807) is 29.2 Å². The van der Waals surface area contributed by atoms with Gasteiger partial charge in [0.15, 0.2) is 0 Å². The van der Waals surface area contributed by atoms with Crippen LogP contribution in [0.5, 0.6) is 5.75 Å². The zero-order valence-electron chi connectivity index (χ0n) is 29.8. The molecule has 1 fully saturated rings. The molecular formula is C44H46N4O4. The molecule has 1 saturated heterocycles. The number of morpholine rings is 1. The number of fused-ring (bicyclic) bond motifs is 2. The van der Waals surface area contributed by atoms with Crippen LogP contribution in [0.1, 0.15) is 62.4 Å². The molecule has 0 aliphatic carbocycles. The van der Waals surface area contributed by atoms with Gasteiger partial charge in [0, 0.05) is 72.7 Å². The average Bonchev–Trinajstić information content (AvgIpc) is 3.58. The molecule has 5 aromatic rings. The number of phenolic OH excluding ortho intramolecular Hbond substituents is 1. The fourth-order valence-electron chi connectivity index (χ4n) is 8.22. The molecule has 0 bridgehead atoms. The molecule has 8 nitrogen and oxygen atoms in total. The summed E-state index contributed by atoms with van der Waals surface area (Å²) in [5, 5.41) is 10.0. The van der Waals surface area contributed by atoms with Gasteiger partial charge in [-0.15, -0.1) is 0 Å². The fourth-order valence-corrected chi connectivity index (χ4v) is 8.22. The van der Waals surface area contributed by atoms with Gasteiger partial charge in [0.05, 0.1) is 18.8 Å². The summed E-state index contributed by atoms with van der Waals surface area (Å²) >= 11 is 0. The number of anilines is 2. The van der Waals surface area contributed by atoms with E-state index in [0.717, 1.165) is 99.7 Å². The molecule has 8 heteroatoms. The lowest BCUT2D eigenvalue weighted by atomic mass is 9.90. The predicted molar refractivity (Wildman–Crippen MR) is 204 cm³/mol. The Morgan fingerprint density at radius 3 is 2.33 bits per heavy atom. The van der Waals surface area contributed by atoms with Gasteiger partial charge >= 0.3 is 0 Å². The van der Waals surface area contributed by atoms with Crippen molar-refractivity contribution in [2.24, 2.45) is 0 Å². The van der Waals surface area contributed by atoms with Gasteiger partial charge in [-0.1, -0.05) is 54.1 Å². The monoisotopic (exact) mass is 694 g/mol. The van der Waals surface area contributed by atoms with Crippen LogP contribution in [0.25, 0.3) is 11.3 Å². The summed E-state index contributed by atoms with van der Waals surface area (Å²) in [5.74, 6) is 0.0424. The van der Waals surface area contributed by atoms with Crippen molar-refractivity contribution in [3.63, 3.8) is 0 Å². The average molecular weight is 695 g/mol. The summed E-state index contributed by atoms with van der Waals surface area (Å²) in [5.41, 5.74) is 9.10. The third-order valence-electron chi connectivity index (χ3n) is 11.0. The molecule has 4 aromatic carbocycles. The number of carbonyl (C=O) groups is 2. The molecule has 0 spiro atoms. The van der Waals surface area contributed by atoms with E-state index in [4.69, 9.17) is 4.74 Å². The molecule has 52 heavy (non-hydrogen) atoms. The fraction of sp³-hybridized carbons (Fsp3) is 0.318. The Hall–Kier alpha value is -5.18. The van der Waals surface area contributed by atoms with Gasteiger partial charge in [-0.25, -0.2) is 0 Å². The number of hydrogen-bond acceptors (Lipinski definition) is 5. The number of para-hydroxylation sites is 1. The number of benzene rings is 4. The Morgan fingerprint density at radius 1 is 0.808 bits per heavy atom. The van der Waals surface area contributed by atoms with E-state index in [2.05, 4.69) is 51.6 Å². The van der Waals surface area contributed by atoms with Crippen molar-refractivity contribution in [2.75, 3.05) is 37.7 Å². The molecule has 266 valence electrons. The highest BCUT2D eigenvalue weighted by molar-refractivity contribution is 6.12. The van der Waals surface area contributed by atoms with E-state index >= 15 is 0 Å². The molecule has 1 atom stereocenters. The van der Waals surface area contributed by atoms with E-state index in [-0.39, 0.29) is 23.6 Å². The van der Waals surface area contributed by atoms with E-state index in [1.165, 1.54) is 11.1 Å². The minimum absolute atomic E-state index is 0.0331. The summed E-state index contributed by atoms with van der Waals surface area (Å²) in [4.78, 5) is 36.1. The van der Waals surface area contributed by atoms with Crippen molar-refractivity contribution >= 4 is 23.2 Å². The highest BCUT2D eigenvalue weighted by atomic mass is 16.5. The van der Waals surface area contributed by atoms with Crippen LogP contribution in [0.3, 0.4) is 0 Å². The molecule has 3 aliphatic heterocycles. The summed E-state index contributed by atoms with van der Waals surface area (Å²) in [7, 11) is 0. The molecule has 4 heterocycles. The van der Waals surface area contributed by atoms with Gasteiger partial charge in [0.1, 0.15) is 5.75 Å². The summed E-state index contributed by atoms with van der Waals surface area (Å²) < 4.78 is 7.88. The second-order valence-electron chi connectivity index (χ2n) is 14.3. The van der Waals surface area contributed by atoms with Crippen LogP contribution >= 0.6 is 0 Å². The van der Waals surface area contributed by atoms with E-state index < -0.39 is 0 Å². The first-order chi connectivity index (χ1) is 25.4. The van der Waals surface area contributed by atoms with Crippen LogP contribution < -0.4 is 4.90 Å². The number of ether oxygens (including phenoxy) is 1. The Morgan fingerprint density at radius 2 is 1.54 bits per heavy atom. The van der Waals surface area contributed by atoms with E-state index in [1.807, 2.05) is 48.5 Å². The molecule has 0 unspecified atom stereocenters. The Kier molecular flexibility index (Phi) is 9.67. The van der Waals surface area contributed by atoms with Crippen LogP contribution in [0.2, 0.25) is 0 Å². The van der Waals surface area contributed by atoms with Crippen molar-refractivity contribution in [2.45, 2.75) is 58.2 Å². The minimum Gasteiger partial charge on any atom is -0.508 e. The highest BCUT2D eigenvalue weighted by Crippen LogP contribution is 2.38. The number of phenols is 1. The van der Waals surface area contributed by atoms with Gasteiger partial charge in [0.2, 0.25) is 0 Å². The number of rotatable bonds is 8. The van der Waals surface area contributed by atoms with E-state index in [0.29, 0.717) is 23.4 Å². The number of hydrogen-bond donors (Lipinski definition) is 1. The lowest BCUT2D eigenvalue weighted by molar-refractivity contribution is 0.0308. The maximum Gasteiger partial charge on any atom is 0.264 e. The Balaban J connectivity index is 1.18. The maximum atomic E-state index is 15.0. The zero-order chi connectivity index (χ0) is 35.6. The molecule has 1 aromatic heterocycles. The van der Waals surface area contributed by atoms with Crippen molar-refractivity contribution in [1.29, 1.82) is 0 Å². The number of amides is 2. The Bertz CT molecular complexity index is 2070. The summed E-state index contributed by atoms with van der Waals surface area (Å²) in [6.07, 6.45) is 4.50. The summed E-state index contributed by atoms with van der Waals surface area (Å²) in [6, 6.07) is 33.2. The first-order valence-corrected chi connectivity index (χ1v) is 18.6. The molecule has 0 radical (unpaired) electrons. The van der Waals surface area contributed by atoms with Gasteiger partial charge < -0.3 is 19.3 Å². The smallest absolute Gasteiger partial charge is 0.264 e. The van der Waals surface area contributed by atoms with Gasteiger partial charge in [-0.05, 0) is 105 Å². The van der Waals surface area contributed by atoms with Crippen LogP contribution in [0.4, 0.5) is 11.4 Å². The van der Waals surface area contributed by atoms with Crippen molar-refractivity contribution in [3.05, 3.63) is 137 Å². The molecule has 8 rings (SSSR count). The van der Waals surface area contributed by atoms with Gasteiger partial charge in [-0.3, -0.25) is 19.4 Å². The van der Waals surface area contributed by atoms with Crippen molar-refractivity contribution in [1.82, 2.24) is 14.4 Å². The van der Waals surface area contributed by atoms with Crippen LogP contribution in [-0.2, 0) is 30.7 Å². The number of carbonyl (C=O) groups excluding carboxylic acids is 2. The topological polar surface area (TPSA) is 78.2 Å². The highest BCUT2D eigenvalue weighted by Gasteiger charge is 2.34. The molecule has 1 N–H and O–H groups in total. The van der Waals surface area contributed by atoms with Gasteiger partial charge in [-0.2, -0.15) is 0 Å². The van der Waals surface area contributed by atoms with Crippen LogP contribution in [-0.4, -0.2) is 70.2 Å². The second-order valence-corrected chi connectivity index (χ2v) is 14.3. The standard InChI is InChI=1S/C44H46N4O4/c1-31-14-19-38(43(50)47-30-33-10-6-5-9-32(33)28-36(47)20-22-45-23-25-52-26-24-45)39(27-31)42-29-40(41-13-7-8-21-46(41)42)44(51)48(34-11-3-2-4-12-34)35-15-17-37(49)18-16-35/h2-6,9-12,14-19,27,29,36,49H,7-8,13,20-26,28,30H2,1H3/t36-/m1/s1. The molecule has 3 aliphatic rings. The Labute approximate surface area is 305 Å². The minimum atomic E-state index is -0.134. The third-order valence-corrected chi connectivity index (χ3v) is 11.0. The second kappa shape index (κ2) is 14.8. The van der Waals surface area contributed by atoms with Crippen LogP contribution in [0, 0.1) is 6.92 Å². The first kappa shape index (κ1) is 33.9. The maximum absolute atomic E-state index is 15.0. The number of nitrogens with zero attached hydrogens (tertiary/aromatic N) is 4. The third kappa shape index (κ3) is 6.76. The quantitative estimate of drug-likeness (QED) is 0.180. The van der Waals surface area contributed by atoms with Gasteiger partial charge in [0.25, 0.3) is 11.8 Å². The number of aromatic nitrogens is 1. The molecular weight excluding hydrogens is 649 g/mol. The predicted octanol–water partition coefficient (Wildman–Crippen LogP) is 7.77. The lowest BCUT2D eigenvalue weighted by Gasteiger charge is -2.39.